The molecule has 0 aromatic carbocycles. The molecule has 0 amide bonds. The minimum Gasteiger partial charge on any atom is -0.481 e. The third-order valence-corrected chi connectivity index (χ3v) is 5.07. The number of hydrogen-bond donors (Lipinski definition) is 2. The number of carboxylic acids is 1. The van der Waals surface area contributed by atoms with E-state index in [0.717, 1.165) is 40.5 Å². The van der Waals surface area contributed by atoms with Crippen LogP contribution < -0.4 is 0 Å². The van der Waals surface area contributed by atoms with Gasteiger partial charge in [-0.2, -0.15) is 0 Å². The fraction of sp³-hybridized carbons (Fsp3) is 0.385. The predicted molar refractivity (Wildman–Crippen MR) is 69.8 cm³/mol. The summed E-state index contributed by atoms with van der Waals surface area (Å²) in [6, 6.07) is 3.87. The van der Waals surface area contributed by atoms with Crippen molar-refractivity contribution in [2.45, 2.75) is 31.6 Å². The Kier molecular flexibility index (Phi) is 2.52. The summed E-state index contributed by atoms with van der Waals surface area (Å²) in [4.78, 5) is 20.1. The molecule has 0 bridgehead atoms. The summed E-state index contributed by atoms with van der Waals surface area (Å²) < 4.78 is 0. The average molecular weight is 262 g/mol. The number of carbonyl (C=O) groups is 1. The van der Waals surface area contributed by atoms with Gasteiger partial charge in [-0.1, -0.05) is 6.42 Å². The first-order valence-corrected chi connectivity index (χ1v) is 6.80. The predicted octanol–water partition coefficient (Wildman–Crippen LogP) is 2.95. The lowest BCUT2D eigenvalue weighted by molar-refractivity contribution is -0.147. The molecule has 1 fully saturated rings. The van der Waals surface area contributed by atoms with E-state index in [4.69, 9.17) is 0 Å². The number of aromatic amines is 1. The SMILES string of the molecule is Cc1nc(-c2ccc[nH]2)sc1C1(C(=O)O)CCC1. The second-order valence-corrected chi connectivity index (χ2v) is 5.76. The summed E-state index contributed by atoms with van der Waals surface area (Å²) in [6.07, 6.45) is 4.30. The largest absolute Gasteiger partial charge is 0.481 e. The van der Waals surface area contributed by atoms with E-state index < -0.39 is 11.4 Å². The number of carboxylic acid groups (broad SMARTS) is 1. The number of nitrogens with zero attached hydrogens (tertiary/aromatic N) is 1. The van der Waals surface area contributed by atoms with Crippen molar-refractivity contribution >= 4 is 17.3 Å². The van der Waals surface area contributed by atoms with Gasteiger partial charge in [0.2, 0.25) is 0 Å². The zero-order valence-electron chi connectivity index (χ0n) is 10.1. The Balaban J connectivity index is 2.06. The van der Waals surface area contributed by atoms with Crippen LogP contribution in [0.5, 0.6) is 0 Å². The van der Waals surface area contributed by atoms with Gasteiger partial charge in [0, 0.05) is 11.1 Å². The monoisotopic (exact) mass is 262 g/mol. The quantitative estimate of drug-likeness (QED) is 0.893. The Hall–Kier alpha value is -1.62. The number of rotatable bonds is 3. The van der Waals surface area contributed by atoms with Crippen LogP contribution in [-0.2, 0) is 10.2 Å². The highest BCUT2D eigenvalue weighted by atomic mass is 32.1. The van der Waals surface area contributed by atoms with Gasteiger partial charge in [0.05, 0.1) is 11.4 Å². The normalized spacial score (nSPS) is 17.4. The van der Waals surface area contributed by atoms with E-state index in [9.17, 15) is 9.90 Å². The number of nitrogens with one attached hydrogen (secondary N) is 1. The second-order valence-electron chi connectivity index (χ2n) is 4.76. The molecule has 1 aliphatic rings. The van der Waals surface area contributed by atoms with E-state index >= 15 is 0 Å². The van der Waals surface area contributed by atoms with Crippen LogP contribution in [0.3, 0.4) is 0 Å². The van der Waals surface area contributed by atoms with Gasteiger partial charge >= 0.3 is 5.97 Å². The van der Waals surface area contributed by atoms with Gasteiger partial charge in [0.15, 0.2) is 0 Å². The van der Waals surface area contributed by atoms with Crippen molar-refractivity contribution < 1.29 is 9.90 Å². The third kappa shape index (κ3) is 1.50. The molecule has 2 heterocycles. The average Bonchev–Trinajstić information content (AvgIpc) is 2.86. The summed E-state index contributed by atoms with van der Waals surface area (Å²) in [5, 5.41) is 10.3. The highest BCUT2D eigenvalue weighted by Crippen LogP contribution is 2.48. The van der Waals surface area contributed by atoms with Crippen LogP contribution in [-0.4, -0.2) is 21.0 Å². The molecule has 4 nitrogen and oxygen atoms in total. The van der Waals surface area contributed by atoms with Gasteiger partial charge in [-0.15, -0.1) is 11.3 Å². The van der Waals surface area contributed by atoms with Crippen molar-refractivity contribution in [1.82, 2.24) is 9.97 Å². The molecule has 0 radical (unpaired) electrons. The van der Waals surface area contributed by atoms with Gasteiger partial charge in [-0.25, -0.2) is 4.98 Å². The van der Waals surface area contributed by atoms with Crippen LogP contribution in [0.25, 0.3) is 10.7 Å². The van der Waals surface area contributed by atoms with E-state index in [2.05, 4.69) is 9.97 Å². The number of aliphatic carboxylic acids is 1. The zero-order chi connectivity index (χ0) is 12.8. The fourth-order valence-corrected chi connectivity index (χ4v) is 3.78. The first kappa shape index (κ1) is 11.5. The molecule has 2 N–H and O–H groups in total. The maximum Gasteiger partial charge on any atom is 0.315 e. The topological polar surface area (TPSA) is 66.0 Å². The molecule has 0 aliphatic heterocycles. The zero-order valence-corrected chi connectivity index (χ0v) is 10.9. The van der Waals surface area contributed by atoms with Crippen molar-refractivity contribution in [2.75, 3.05) is 0 Å². The molecule has 5 heteroatoms. The Morgan fingerprint density at radius 2 is 2.33 bits per heavy atom. The summed E-state index contributed by atoms with van der Waals surface area (Å²) in [6.45, 7) is 1.90. The van der Waals surface area contributed by atoms with Crippen molar-refractivity contribution in [1.29, 1.82) is 0 Å². The third-order valence-electron chi connectivity index (χ3n) is 3.68. The molecular formula is C13H14N2O2S. The van der Waals surface area contributed by atoms with Crippen molar-refractivity contribution in [3.05, 3.63) is 28.9 Å². The van der Waals surface area contributed by atoms with Crippen LogP contribution in [0.1, 0.15) is 29.8 Å². The van der Waals surface area contributed by atoms with Crippen LogP contribution >= 0.6 is 11.3 Å². The van der Waals surface area contributed by atoms with Crippen LogP contribution in [0.2, 0.25) is 0 Å². The lowest BCUT2D eigenvalue weighted by Gasteiger charge is -2.36. The van der Waals surface area contributed by atoms with Crippen LogP contribution in [0, 0.1) is 6.92 Å². The van der Waals surface area contributed by atoms with Gasteiger partial charge in [0.25, 0.3) is 0 Å². The summed E-state index contributed by atoms with van der Waals surface area (Å²) in [5.74, 6) is -0.710. The highest BCUT2D eigenvalue weighted by Gasteiger charge is 2.48. The van der Waals surface area contributed by atoms with Gasteiger partial charge in [-0.3, -0.25) is 4.79 Å². The minimum absolute atomic E-state index is 0.674. The van der Waals surface area contributed by atoms with E-state index in [-0.39, 0.29) is 0 Å². The van der Waals surface area contributed by atoms with Crippen molar-refractivity contribution in [3.63, 3.8) is 0 Å². The van der Waals surface area contributed by atoms with Gasteiger partial charge < -0.3 is 10.1 Å². The molecule has 0 unspecified atom stereocenters. The number of aryl methyl sites for hydroxylation is 1. The molecule has 0 spiro atoms. The molecule has 2 aromatic rings. The molecule has 3 rings (SSSR count). The molecular weight excluding hydrogens is 248 g/mol. The first-order valence-electron chi connectivity index (χ1n) is 5.98. The molecule has 94 valence electrons. The fourth-order valence-electron chi connectivity index (χ4n) is 2.49. The van der Waals surface area contributed by atoms with E-state index in [1.54, 1.807) is 0 Å². The lowest BCUT2D eigenvalue weighted by atomic mass is 9.67. The molecule has 1 aliphatic carbocycles. The number of H-pyrrole nitrogens is 1. The number of thiazole rings is 1. The minimum atomic E-state index is -0.710. The Labute approximate surface area is 109 Å². The summed E-state index contributed by atoms with van der Waals surface area (Å²) in [5.41, 5.74) is 1.13. The van der Waals surface area contributed by atoms with Gasteiger partial charge in [0.1, 0.15) is 10.4 Å². The second kappa shape index (κ2) is 3.95. The van der Waals surface area contributed by atoms with Crippen LogP contribution in [0.15, 0.2) is 18.3 Å². The Morgan fingerprint density at radius 1 is 1.56 bits per heavy atom. The smallest absolute Gasteiger partial charge is 0.315 e. The van der Waals surface area contributed by atoms with Gasteiger partial charge in [-0.05, 0) is 31.9 Å². The molecule has 2 aromatic heterocycles. The Morgan fingerprint density at radius 3 is 2.83 bits per heavy atom. The van der Waals surface area contributed by atoms with E-state index in [1.807, 2.05) is 25.3 Å². The van der Waals surface area contributed by atoms with E-state index in [1.165, 1.54) is 11.3 Å². The molecule has 0 saturated heterocycles. The highest BCUT2D eigenvalue weighted by molar-refractivity contribution is 7.15. The molecule has 0 atom stereocenters. The lowest BCUT2D eigenvalue weighted by Crippen LogP contribution is -2.42. The number of hydrogen-bond acceptors (Lipinski definition) is 3. The summed E-state index contributed by atoms with van der Waals surface area (Å²) >= 11 is 1.51. The first-order chi connectivity index (χ1) is 8.63. The van der Waals surface area contributed by atoms with Crippen LogP contribution in [0.4, 0.5) is 0 Å². The van der Waals surface area contributed by atoms with Crippen molar-refractivity contribution in [3.8, 4) is 10.7 Å². The maximum atomic E-state index is 11.5. The number of aromatic nitrogens is 2. The van der Waals surface area contributed by atoms with E-state index in [0.29, 0.717) is 0 Å². The van der Waals surface area contributed by atoms with Crippen molar-refractivity contribution in [2.24, 2.45) is 0 Å². The Bertz CT molecular complexity index is 582. The molecule has 1 saturated carbocycles. The summed E-state index contributed by atoms with van der Waals surface area (Å²) in [7, 11) is 0. The maximum absolute atomic E-state index is 11.5. The molecule has 18 heavy (non-hydrogen) atoms. The standard InChI is InChI=1S/C13H14N2O2S/c1-8-10(13(12(16)17)5-3-6-13)18-11(15-8)9-4-2-7-14-9/h2,4,7,14H,3,5-6H2,1H3,(H,16,17).